The fourth-order valence-electron chi connectivity index (χ4n) is 6.92. The summed E-state index contributed by atoms with van der Waals surface area (Å²) in [6.07, 6.45) is 2.74. The number of nitro groups is 1. The average molecular weight is 663 g/mol. The quantitative estimate of drug-likeness (QED) is 0.201. The third-order valence-electron chi connectivity index (χ3n) is 9.28. The summed E-state index contributed by atoms with van der Waals surface area (Å²) in [5, 5.41) is 16.3. The minimum absolute atomic E-state index is 0.000680. The first-order chi connectivity index (χ1) is 22.7. The van der Waals surface area contributed by atoms with Crippen LogP contribution in [0.4, 0.5) is 22.7 Å². The third kappa shape index (κ3) is 4.82. The Hall–Kier alpha value is -4.93. The fraction of sp³-hybridized carbons (Fsp3) is 0.355. The predicted molar refractivity (Wildman–Crippen MR) is 167 cm³/mol. The van der Waals surface area contributed by atoms with Gasteiger partial charge in [0.15, 0.2) is 11.4 Å². The van der Waals surface area contributed by atoms with Crippen LogP contribution in [0.2, 0.25) is 0 Å². The summed E-state index contributed by atoms with van der Waals surface area (Å²) in [6.45, 7) is 1.77. The first-order valence-corrected chi connectivity index (χ1v) is 16.7. The van der Waals surface area contributed by atoms with E-state index in [1.54, 1.807) is 17.2 Å². The normalized spacial score (nSPS) is 22.4. The number of anilines is 3. The molecule has 4 aliphatic heterocycles. The molecule has 2 aromatic carbocycles. The van der Waals surface area contributed by atoms with Gasteiger partial charge < -0.3 is 39.9 Å². The number of hydrogen-bond acceptors (Lipinski definition) is 12. The summed E-state index contributed by atoms with van der Waals surface area (Å²) in [5.74, 6) is -0.411. The standard InChI is InChI=1S/C31H30N6O9S/c32-29(38)19-2-1-3-26(28(19)36-22-10-17-4-7-33-30(17)35-31(22)46-25-15-44-14-23(25)36)47(41,42)18-11-21(37(39)40)27-24(12-18)45-13-20(34-27)16-5-8-43-9-6-16/h1-4,7,10-12,16,20,23,25,34H,5-6,8-9,13-15H2,(H2,32,38)(H,33,35)/t20-,23+,25-/m1/s1. The molecule has 4 aliphatic rings. The van der Waals surface area contributed by atoms with E-state index in [1.165, 1.54) is 24.3 Å². The van der Waals surface area contributed by atoms with Crippen LogP contribution >= 0.6 is 0 Å². The molecule has 0 aliphatic carbocycles. The van der Waals surface area contributed by atoms with E-state index >= 15 is 0 Å². The maximum atomic E-state index is 14.6. The second-order valence-corrected chi connectivity index (χ2v) is 13.9. The Kier molecular flexibility index (Phi) is 6.96. The second kappa shape index (κ2) is 11.1. The molecule has 0 unspecified atom stereocenters. The number of nitrogens with one attached hydrogen (secondary N) is 2. The highest BCUT2D eigenvalue weighted by Crippen LogP contribution is 2.48. The van der Waals surface area contributed by atoms with Crippen molar-refractivity contribution in [2.75, 3.05) is 43.3 Å². The number of pyridine rings is 1. The topological polar surface area (TPSA) is 201 Å². The van der Waals surface area contributed by atoms with E-state index in [0.29, 0.717) is 24.5 Å². The number of carbonyl (C=O) groups is 1. The van der Waals surface area contributed by atoms with Crippen molar-refractivity contribution < 1.29 is 37.1 Å². The van der Waals surface area contributed by atoms with Gasteiger partial charge in [-0.05, 0) is 43.0 Å². The molecule has 2 fully saturated rings. The molecule has 16 heteroatoms. The van der Waals surface area contributed by atoms with Gasteiger partial charge in [0.2, 0.25) is 15.7 Å². The molecule has 2 aromatic heterocycles. The van der Waals surface area contributed by atoms with Gasteiger partial charge in [-0.15, -0.1) is 0 Å². The van der Waals surface area contributed by atoms with Gasteiger partial charge >= 0.3 is 0 Å². The van der Waals surface area contributed by atoms with E-state index in [0.717, 1.165) is 24.3 Å². The number of aromatic amines is 1. The lowest BCUT2D eigenvalue weighted by Gasteiger charge is -2.40. The number of hydrogen-bond donors (Lipinski definition) is 3. The zero-order chi connectivity index (χ0) is 32.4. The summed E-state index contributed by atoms with van der Waals surface area (Å²) >= 11 is 0. The lowest BCUT2D eigenvalue weighted by atomic mass is 9.91. The van der Waals surface area contributed by atoms with Crippen molar-refractivity contribution >= 4 is 49.5 Å². The number of amides is 1. The van der Waals surface area contributed by atoms with Crippen LogP contribution in [-0.4, -0.2) is 80.4 Å². The van der Waals surface area contributed by atoms with Crippen LogP contribution < -0.4 is 25.4 Å². The first kappa shape index (κ1) is 29.5. The van der Waals surface area contributed by atoms with Crippen molar-refractivity contribution in [3.63, 3.8) is 0 Å². The second-order valence-electron chi connectivity index (χ2n) is 12.0. The van der Waals surface area contributed by atoms with Crippen molar-refractivity contribution in [3.05, 3.63) is 64.3 Å². The summed E-state index contributed by atoms with van der Waals surface area (Å²) in [4.78, 5) is 33.4. The van der Waals surface area contributed by atoms with Crippen LogP contribution in [0, 0.1) is 16.0 Å². The lowest BCUT2D eigenvalue weighted by Crippen LogP contribution is -2.47. The number of H-pyrrole nitrogens is 1. The van der Waals surface area contributed by atoms with Crippen LogP contribution in [0.1, 0.15) is 23.2 Å². The minimum atomic E-state index is -4.55. The first-order valence-electron chi connectivity index (χ1n) is 15.2. The van der Waals surface area contributed by atoms with E-state index in [4.69, 9.17) is 24.7 Å². The number of benzene rings is 2. The van der Waals surface area contributed by atoms with Crippen molar-refractivity contribution in [1.82, 2.24) is 9.97 Å². The van der Waals surface area contributed by atoms with Crippen molar-refractivity contribution in [1.29, 1.82) is 0 Å². The van der Waals surface area contributed by atoms with Crippen molar-refractivity contribution in [3.8, 4) is 11.6 Å². The molecule has 0 radical (unpaired) electrons. The Morgan fingerprint density at radius 3 is 2.70 bits per heavy atom. The molecule has 0 saturated carbocycles. The Labute approximate surface area is 268 Å². The number of aromatic nitrogens is 2. The number of nitrogens with two attached hydrogens (primary N) is 1. The SMILES string of the molecule is NC(=O)c1cccc(S(=O)(=O)c2cc3c(c([N+](=O)[O-])c2)N[C@@H](C2CCOCC2)CO3)c1N1c2cc3cc[nH]c3nc2O[C@@H]2COC[C@@H]21. The number of fused-ring (bicyclic) bond motifs is 4. The molecular weight excluding hydrogens is 632 g/mol. The number of ether oxygens (including phenoxy) is 4. The molecule has 3 atom stereocenters. The summed E-state index contributed by atoms with van der Waals surface area (Å²) < 4.78 is 52.7. The highest BCUT2D eigenvalue weighted by molar-refractivity contribution is 7.91. The van der Waals surface area contributed by atoms with Crippen molar-refractivity contribution in [2.45, 2.75) is 40.8 Å². The Morgan fingerprint density at radius 1 is 1.09 bits per heavy atom. The van der Waals surface area contributed by atoms with Crippen LogP contribution in [-0.2, 0) is 19.3 Å². The molecular formula is C31H30N6O9S. The van der Waals surface area contributed by atoms with Crippen LogP contribution in [0.25, 0.3) is 11.0 Å². The minimum Gasteiger partial charge on any atom is -0.489 e. The van der Waals surface area contributed by atoms with Crippen LogP contribution in [0.3, 0.4) is 0 Å². The number of sulfone groups is 1. The van der Waals surface area contributed by atoms with Gasteiger partial charge in [0.1, 0.15) is 24.0 Å². The van der Waals surface area contributed by atoms with Gasteiger partial charge in [-0.25, -0.2) is 8.42 Å². The van der Waals surface area contributed by atoms with Gasteiger partial charge in [-0.2, -0.15) is 4.98 Å². The van der Waals surface area contributed by atoms with Gasteiger partial charge in [-0.1, -0.05) is 6.07 Å². The smallest absolute Gasteiger partial charge is 0.297 e. The molecule has 0 spiro atoms. The monoisotopic (exact) mass is 662 g/mol. The molecule has 244 valence electrons. The van der Waals surface area contributed by atoms with E-state index in [-0.39, 0.29) is 70.1 Å². The molecule has 15 nitrogen and oxygen atoms in total. The van der Waals surface area contributed by atoms with E-state index in [9.17, 15) is 23.3 Å². The number of rotatable bonds is 6. The van der Waals surface area contributed by atoms with Crippen LogP contribution in [0.5, 0.6) is 11.6 Å². The molecule has 8 rings (SSSR count). The summed E-state index contributed by atoms with van der Waals surface area (Å²) in [6, 6.07) is 9.37. The zero-order valence-corrected chi connectivity index (χ0v) is 25.7. The molecule has 47 heavy (non-hydrogen) atoms. The number of carbonyl (C=O) groups excluding carboxylic acids is 1. The lowest BCUT2D eigenvalue weighted by molar-refractivity contribution is -0.384. The van der Waals surface area contributed by atoms with Gasteiger partial charge in [-0.3, -0.25) is 14.9 Å². The van der Waals surface area contributed by atoms with Gasteiger partial charge in [0.05, 0.1) is 51.3 Å². The summed E-state index contributed by atoms with van der Waals surface area (Å²) in [5.41, 5.74) is 6.46. The predicted octanol–water partition coefficient (Wildman–Crippen LogP) is 3.30. The molecule has 1 amide bonds. The number of nitrogens with zero attached hydrogens (tertiary/aromatic N) is 3. The highest BCUT2D eigenvalue weighted by atomic mass is 32.2. The Morgan fingerprint density at radius 2 is 1.91 bits per heavy atom. The number of primary amides is 1. The zero-order valence-electron chi connectivity index (χ0n) is 24.9. The van der Waals surface area contributed by atoms with Crippen LogP contribution in [0.15, 0.2) is 58.5 Å². The molecule has 4 N–H and O–H groups in total. The fourth-order valence-corrected chi connectivity index (χ4v) is 8.43. The molecule has 2 saturated heterocycles. The molecule has 0 bridgehead atoms. The third-order valence-corrected chi connectivity index (χ3v) is 11.0. The van der Waals surface area contributed by atoms with E-state index < -0.39 is 38.5 Å². The maximum absolute atomic E-state index is 14.6. The Bertz CT molecular complexity index is 2040. The summed E-state index contributed by atoms with van der Waals surface area (Å²) in [7, 11) is -4.55. The average Bonchev–Trinajstić information content (AvgIpc) is 3.74. The largest absolute Gasteiger partial charge is 0.489 e. The van der Waals surface area contributed by atoms with E-state index in [2.05, 4.69) is 15.3 Å². The number of nitro benzene ring substituents is 1. The van der Waals surface area contributed by atoms with E-state index in [1.807, 2.05) is 6.07 Å². The Balaban J connectivity index is 1.28. The molecule has 4 aromatic rings. The van der Waals surface area contributed by atoms with Gasteiger partial charge in [0, 0.05) is 36.9 Å². The highest BCUT2D eigenvalue weighted by Gasteiger charge is 2.45. The van der Waals surface area contributed by atoms with Crippen molar-refractivity contribution in [2.24, 2.45) is 11.7 Å². The maximum Gasteiger partial charge on any atom is 0.297 e. The van der Waals surface area contributed by atoms with Gasteiger partial charge in [0.25, 0.3) is 11.6 Å². The molecule has 6 heterocycles. The number of para-hydroxylation sites is 1.